The van der Waals surface area contributed by atoms with Crippen LogP contribution >= 0.6 is 0 Å². The van der Waals surface area contributed by atoms with Crippen molar-refractivity contribution in [3.8, 4) is 11.1 Å². The van der Waals surface area contributed by atoms with E-state index in [9.17, 15) is 8.78 Å². The van der Waals surface area contributed by atoms with Gasteiger partial charge in [-0.2, -0.15) is 0 Å². The standard InChI is InChI=1S/C31H35F2N9/c1-39-11-13-41(14-12-39)21-7-9-22(10-8-21)42-17-23(28-29(34)35-18-36-30(28)42)19-3-5-20(6-4-19)37-31-38-26-15-24(32)25(33)16-27(26)40(31)2/h3-6,15-18,21-22H,7-14H2,1-2H3,(H,37,38)(H2,34,35,36)/t21-,22-. The monoisotopic (exact) mass is 571 g/mol. The number of nitrogens with one attached hydrogen (secondary N) is 1. The van der Waals surface area contributed by atoms with Gasteiger partial charge < -0.3 is 25.1 Å². The summed E-state index contributed by atoms with van der Waals surface area (Å²) < 4.78 is 31.5. The summed E-state index contributed by atoms with van der Waals surface area (Å²) in [5.74, 6) is -0.848. The van der Waals surface area contributed by atoms with Crippen LogP contribution in [0.2, 0.25) is 0 Å². The first-order valence-electron chi connectivity index (χ1n) is 14.6. The number of hydrogen-bond acceptors (Lipinski definition) is 7. The van der Waals surface area contributed by atoms with Crippen LogP contribution in [0.5, 0.6) is 0 Å². The molecule has 11 heteroatoms. The molecule has 2 aromatic carbocycles. The molecule has 0 bridgehead atoms. The fourth-order valence-electron chi connectivity index (χ4n) is 6.66. The SMILES string of the molecule is CN1CCN([C@H]2CC[C@H](n3cc(-c4ccc(Nc5nc6cc(F)c(F)cc6n5C)cc4)c4c(N)ncnc43)CC2)CC1. The molecule has 218 valence electrons. The van der Waals surface area contributed by atoms with E-state index in [0.29, 0.717) is 34.9 Å². The van der Waals surface area contributed by atoms with Gasteiger partial charge in [0.2, 0.25) is 5.95 Å². The van der Waals surface area contributed by atoms with Crippen LogP contribution in [0.15, 0.2) is 48.9 Å². The van der Waals surface area contributed by atoms with E-state index in [2.05, 4.69) is 47.9 Å². The average molecular weight is 572 g/mol. The number of anilines is 3. The zero-order valence-corrected chi connectivity index (χ0v) is 23.9. The molecule has 1 saturated heterocycles. The molecule has 3 N–H and O–H groups in total. The molecule has 3 aromatic heterocycles. The van der Waals surface area contributed by atoms with Gasteiger partial charge in [0, 0.05) is 74.9 Å². The third kappa shape index (κ3) is 4.76. The Hall–Kier alpha value is -4.09. The van der Waals surface area contributed by atoms with E-state index < -0.39 is 11.6 Å². The predicted molar refractivity (Wildman–Crippen MR) is 162 cm³/mol. The molecular formula is C31H35F2N9. The Morgan fingerprint density at radius 2 is 1.57 bits per heavy atom. The van der Waals surface area contributed by atoms with Crippen LogP contribution in [0.3, 0.4) is 0 Å². The summed E-state index contributed by atoms with van der Waals surface area (Å²) in [7, 11) is 3.97. The van der Waals surface area contributed by atoms with Gasteiger partial charge in [0.05, 0.1) is 16.4 Å². The van der Waals surface area contributed by atoms with Gasteiger partial charge in [0.1, 0.15) is 17.8 Å². The van der Waals surface area contributed by atoms with E-state index in [1.807, 2.05) is 24.3 Å². The second kappa shape index (κ2) is 10.6. The fourth-order valence-corrected chi connectivity index (χ4v) is 6.66. The van der Waals surface area contributed by atoms with Crippen molar-refractivity contribution in [2.45, 2.75) is 37.8 Å². The second-order valence-corrected chi connectivity index (χ2v) is 11.7. The number of fused-ring (bicyclic) bond motifs is 2. The molecule has 4 heterocycles. The first-order valence-corrected chi connectivity index (χ1v) is 14.6. The summed E-state index contributed by atoms with van der Waals surface area (Å²) in [6.45, 7) is 4.61. The molecular weight excluding hydrogens is 536 g/mol. The molecule has 5 aromatic rings. The van der Waals surface area contributed by atoms with Gasteiger partial charge in [0.15, 0.2) is 11.6 Å². The van der Waals surface area contributed by atoms with Gasteiger partial charge in [-0.3, -0.25) is 4.90 Å². The summed E-state index contributed by atoms with van der Waals surface area (Å²) in [4.78, 5) is 18.5. The molecule has 2 aliphatic rings. The number of nitrogen functional groups attached to an aromatic ring is 1. The number of aromatic nitrogens is 5. The highest BCUT2D eigenvalue weighted by molar-refractivity contribution is 6.00. The predicted octanol–water partition coefficient (Wildman–Crippen LogP) is 5.32. The molecule has 1 saturated carbocycles. The highest BCUT2D eigenvalue weighted by Crippen LogP contribution is 2.39. The van der Waals surface area contributed by atoms with Crippen LogP contribution in [0, 0.1) is 11.6 Å². The van der Waals surface area contributed by atoms with E-state index in [4.69, 9.17) is 5.73 Å². The highest BCUT2D eigenvalue weighted by Gasteiger charge is 2.30. The number of nitrogens with two attached hydrogens (primary N) is 1. The molecule has 2 fully saturated rings. The van der Waals surface area contributed by atoms with Gasteiger partial charge in [0.25, 0.3) is 0 Å². The van der Waals surface area contributed by atoms with Gasteiger partial charge >= 0.3 is 0 Å². The van der Waals surface area contributed by atoms with Crippen molar-refractivity contribution < 1.29 is 8.78 Å². The van der Waals surface area contributed by atoms with Gasteiger partial charge in [-0.25, -0.2) is 23.7 Å². The van der Waals surface area contributed by atoms with Gasteiger partial charge in [-0.15, -0.1) is 0 Å². The molecule has 1 aliphatic carbocycles. The average Bonchev–Trinajstić information content (AvgIpc) is 3.53. The first kappa shape index (κ1) is 26.8. The van der Waals surface area contributed by atoms with Crippen LogP contribution in [-0.2, 0) is 7.05 Å². The molecule has 0 spiro atoms. The van der Waals surface area contributed by atoms with Crippen molar-refractivity contribution >= 4 is 39.5 Å². The maximum Gasteiger partial charge on any atom is 0.208 e. The zero-order chi connectivity index (χ0) is 29.0. The molecule has 0 amide bonds. The normalized spacial score (nSPS) is 20.5. The lowest BCUT2D eigenvalue weighted by Crippen LogP contribution is -2.49. The zero-order valence-electron chi connectivity index (χ0n) is 23.9. The van der Waals surface area contributed by atoms with E-state index in [1.54, 1.807) is 17.9 Å². The van der Waals surface area contributed by atoms with Crippen molar-refractivity contribution in [2.24, 2.45) is 7.05 Å². The largest absolute Gasteiger partial charge is 0.383 e. The number of hydrogen-bond donors (Lipinski definition) is 2. The lowest BCUT2D eigenvalue weighted by Gasteiger charge is -2.41. The van der Waals surface area contributed by atoms with Gasteiger partial charge in [-0.1, -0.05) is 12.1 Å². The summed E-state index contributed by atoms with van der Waals surface area (Å²) >= 11 is 0. The Kier molecular flexibility index (Phi) is 6.78. The first-order chi connectivity index (χ1) is 20.4. The summed E-state index contributed by atoms with van der Waals surface area (Å²) in [5.41, 5.74) is 11.0. The van der Waals surface area contributed by atoms with Crippen molar-refractivity contribution in [1.82, 2.24) is 33.9 Å². The fraction of sp³-hybridized carbons (Fsp3) is 0.387. The van der Waals surface area contributed by atoms with Crippen LogP contribution < -0.4 is 11.1 Å². The number of imidazole rings is 1. The minimum absolute atomic E-state index is 0.368. The van der Waals surface area contributed by atoms with Crippen molar-refractivity contribution in [1.29, 1.82) is 0 Å². The number of nitrogens with zero attached hydrogens (tertiary/aromatic N) is 7. The number of benzene rings is 2. The van der Waals surface area contributed by atoms with Crippen molar-refractivity contribution in [3.63, 3.8) is 0 Å². The Morgan fingerprint density at radius 3 is 2.31 bits per heavy atom. The molecule has 0 radical (unpaired) electrons. The molecule has 9 nitrogen and oxygen atoms in total. The smallest absolute Gasteiger partial charge is 0.208 e. The number of rotatable bonds is 5. The minimum Gasteiger partial charge on any atom is -0.383 e. The Morgan fingerprint density at radius 1 is 0.881 bits per heavy atom. The third-order valence-corrected chi connectivity index (χ3v) is 9.13. The summed E-state index contributed by atoms with van der Waals surface area (Å²) in [5, 5.41) is 4.14. The molecule has 42 heavy (non-hydrogen) atoms. The van der Waals surface area contributed by atoms with Crippen LogP contribution in [0.4, 0.5) is 26.2 Å². The second-order valence-electron chi connectivity index (χ2n) is 11.7. The highest BCUT2D eigenvalue weighted by atomic mass is 19.2. The number of piperazine rings is 1. The topological polar surface area (TPSA) is 93.1 Å². The third-order valence-electron chi connectivity index (χ3n) is 9.13. The van der Waals surface area contributed by atoms with E-state index >= 15 is 0 Å². The Labute approximate surface area is 243 Å². The van der Waals surface area contributed by atoms with E-state index in [0.717, 1.165) is 79.0 Å². The molecule has 7 rings (SSSR count). The quantitative estimate of drug-likeness (QED) is 0.295. The van der Waals surface area contributed by atoms with Crippen molar-refractivity contribution in [2.75, 3.05) is 44.3 Å². The lowest BCUT2D eigenvalue weighted by atomic mass is 9.89. The van der Waals surface area contributed by atoms with Crippen LogP contribution in [0.25, 0.3) is 33.2 Å². The maximum atomic E-state index is 13.8. The van der Waals surface area contributed by atoms with E-state index in [1.165, 1.54) is 12.8 Å². The molecule has 0 unspecified atom stereocenters. The lowest BCUT2D eigenvalue weighted by molar-refractivity contribution is 0.0828. The Balaban J connectivity index is 1.13. The minimum atomic E-state index is -0.915. The number of likely N-dealkylation sites (N-methyl/N-ethyl adjacent to an activating group) is 1. The molecule has 0 atom stereocenters. The Bertz CT molecular complexity index is 1740. The van der Waals surface area contributed by atoms with Gasteiger partial charge in [-0.05, 0) is 50.4 Å². The summed E-state index contributed by atoms with van der Waals surface area (Å²) in [6.07, 6.45) is 8.33. The molecule has 1 aliphatic heterocycles. The number of aryl methyl sites for hydroxylation is 1. The number of halogens is 2. The van der Waals surface area contributed by atoms with Crippen LogP contribution in [0.1, 0.15) is 31.7 Å². The van der Waals surface area contributed by atoms with E-state index in [-0.39, 0.29) is 0 Å². The van der Waals surface area contributed by atoms with Crippen LogP contribution in [-0.4, -0.2) is 73.2 Å². The maximum absolute atomic E-state index is 13.8. The van der Waals surface area contributed by atoms with Crippen molar-refractivity contribution in [3.05, 3.63) is 60.6 Å². The summed E-state index contributed by atoms with van der Waals surface area (Å²) in [6, 6.07) is 11.3.